The fraction of sp³-hybridized carbons (Fsp3) is 0.368. The minimum atomic E-state index is -0.161. The lowest BCUT2D eigenvalue weighted by atomic mass is 10.1. The standard InChI is InChI=1S/C19H22N4O/c1-14-4-6-15(7-5-14)23-17-12-20-9-8-16(17)18(21-23)22-10-11-24-19(2,3)13-22/h4-9,12H,10-11,13H2,1-3H3. The van der Waals surface area contributed by atoms with E-state index in [9.17, 15) is 0 Å². The molecule has 0 bridgehead atoms. The molecule has 0 radical (unpaired) electrons. The van der Waals surface area contributed by atoms with Crippen molar-refractivity contribution in [3.05, 3.63) is 48.3 Å². The molecule has 0 unspecified atom stereocenters. The van der Waals surface area contributed by atoms with Crippen LogP contribution in [0, 0.1) is 6.92 Å². The van der Waals surface area contributed by atoms with Gasteiger partial charge in [0.05, 0.1) is 29.6 Å². The van der Waals surface area contributed by atoms with Crippen molar-refractivity contribution >= 4 is 16.7 Å². The molecule has 0 aliphatic carbocycles. The molecule has 3 aromatic rings. The third kappa shape index (κ3) is 2.65. The largest absolute Gasteiger partial charge is 0.372 e. The van der Waals surface area contributed by atoms with E-state index >= 15 is 0 Å². The molecule has 0 N–H and O–H groups in total. The number of hydrogen-bond acceptors (Lipinski definition) is 4. The monoisotopic (exact) mass is 322 g/mol. The van der Waals surface area contributed by atoms with Crippen LogP contribution in [-0.4, -0.2) is 40.1 Å². The van der Waals surface area contributed by atoms with Gasteiger partial charge in [-0.1, -0.05) is 17.7 Å². The molecule has 1 fully saturated rings. The van der Waals surface area contributed by atoms with Gasteiger partial charge in [0.15, 0.2) is 5.82 Å². The molecule has 124 valence electrons. The van der Waals surface area contributed by atoms with Gasteiger partial charge in [-0.25, -0.2) is 4.68 Å². The number of rotatable bonds is 2. The van der Waals surface area contributed by atoms with E-state index < -0.39 is 0 Å². The number of fused-ring (bicyclic) bond motifs is 1. The van der Waals surface area contributed by atoms with Gasteiger partial charge in [-0.2, -0.15) is 0 Å². The molecule has 0 spiro atoms. The Morgan fingerprint density at radius 2 is 1.92 bits per heavy atom. The average molecular weight is 322 g/mol. The maximum atomic E-state index is 5.85. The Kier molecular flexibility index (Phi) is 3.53. The fourth-order valence-electron chi connectivity index (χ4n) is 3.26. The van der Waals surface area contributed by atoms with E-state index in [1.165, 1.54) is 5.56 Å². The van der Waals surface area contributed by atoms with Crippen molar-refractivity contribution in [3.63, 3.8) is 0 Å². The van der Waals surface area contributed by atoms with Crippen molar-refractivity contribution < 1.29 is 4.74 Å². The highest BCUT2D eigenvalue weighted by Crippen LogP contribution is 2.30. The van der Waals surface area contributed by atoms with Crippen molar-refractivity contribution in [2.45, 2.75) is 26.4 Å². The van der Waals surface area contributed by atoms with Gasteiger partial charge in [-0.15, -0.1) is 5.10 Å². The van der Waals surface area contributed by atoms with E-state index in [0.29, 0.717) is 0 Å². The van der Waals surface area contributed by atoms with Gasteiger partial charge in [0.25, 0.3) is 0 Å². The molecule has 1 saturated heterocycles. The number of morpholine rings is 1. The summed E-state index contributed by atoms with van der Waals surface area (Å²) in [7, 11) is 0. The number of benzene rings is 1. The Bertz CT molecular complexity index is 867. The summed E-state index contributed by atoms with van der Waals surface area (Å²) < 4.78 is 7.83. The normalized spacial score (nSPS) is 17.4. The molecule has 4 rings (SSSR count). The highest BCUT2D eigenvalue weighted by atomic mass is 16.5. The third-order valence-electron chi connectivity index (χ3n) is 4.47. The summed E-state index contributed by atoms with van der Waals surface area (Å²) in [6.07, 6.45) is 3.72. The molecular formula is C19H22N4O. The zero-order valence-electron chi connectivity index (χ0n) is 14.4. The second-order valence-corrected chi connectivity index (χ2v) is 6.99. The van der Waals surface area contributed by atoms with E-state index in [2.05, 4.69) is 54.9 Å². The molecule has 0 atom stereocenters. The number of nitrogens with zero attached hydrogens (tertiary/aromatic N) is 4. The third-order valence-corrected chi connectivity index (χ3v) is 4.47. The summed E-state index contributed by atoms with van der Waals surface area (Å²) in [5.74, 6) is 1.00. The molecule has 0 amide bonds. The first-order valence-electron chi connectivity index (χ1n) is 8.32. The minimum Gasteiger partial charge on any atom is -0.372 e. The molecule has 1 aliphatic rings. The molecule has 1 aromatic carbocycles. The molecule has 24 heavy (non-hydrogen) atoms. The van der Waals surface area contributed by atoms with Crippen molar-refractivity contribution in [2.24, 2.45) is 0 Å². The smallest absolute Gasteiger partial charge is 0.159 e. The lowest BCUT2D eigenvalue weighted by molar-refractivity contribution is -0.0278. The van der Waals surface area contributed by atoms with Crippen molar-refractivity contribution in [2.75, 3.05) is 24.6 Å². The first-order chi connectivity index (χ1) is 11.5. The van der Waals surface area contributed by atoms with Gasteiger partial charge < -0.3 is 9.64 Å². The van der Waals surface area contributed by atoms with Crippen molar-refractivity contribution in [1.82, 2.24) is 14.8 Å². The number of ether oxygens (including phenoxy) is 1. The van der Waals surface area contributed by atoms with Crippen LogP contribution in [0.25, 0.3) is 16.6 Å². The zero-order chi connectivity index (χ0) is 16.7. The molecule has 2 aromatic heterocycles. The number of anilines is 1. The Morgan fingerprint density at radius 3 is 2.67 bits per heavy atom. The number of hydrogen-bond donors (Lipinski definition) is 0. The Balaban J connectivity index is 1.84. The Labute approximate surface area is 141 Å². The predicted octanol–water partition coefficient (Wildman–Crippen LogP) is 3.34. The summed E-state index contributed by atoms with van der Waals surface area (Å²) in [4.78, 5) is 6.62. The van der Waals surface area contributed by atoms with E-state index in [0.717, 1.165) is 42.1 Å². The highest BCUT2D eigenvalue weighted by Gasteiger charge is 2.29. The minimum absolute atomic E-state index is 0.161. The van der Waals surface area contributed by atoms with Crippen LogP contribution in [0.15, 0.2) is 42.7 Å². The molecular weight excluding hydrogens is 300 g/mol. The number of aryl methyl sites for hydroxylation is 1. The Morgan fingerprint density at radius 1 is 1.12 bits per heavy atom. The van der Waals surface area contributed by atoms with Crippen LogP contribution in [0.5, 0.6) is 0 Å². The topological polar surface area (TPSA) is 43.2 Å². The summed E-state index contributed by atoms with van der Waals surface area (Å²) >= 11 is 0. The summed E-state index contributed by atoms with van der Waals surface area (Å²) in [5.41, 5.74) is 3.16. The predicted molar refractivity (Wildman–Crippen MR) is 95.8 cm³/mol. The van der Waals surface area contributed by atoms with Crippen molar-refractivity contribution in [1.29, 1.82) is 0 Å². The van der Waals surface area contributed by atoms with Crippen LogP contribution in [0.4, 0.5) is 5.82 Å². The van der Waals surface area contributed by atoms with Crippen LogP contribution >= 0.6 is 0 Å². The van der Waals surface area contributed by atoms with Crippen LogP contribution < -0.4 is 4.90 Å². The first-order valence-corrected chi connectivity index (χ1v) is 8.32. The van der Waals surface area contributed by atoms with Crippen molar-refractivity contribution in [3.8, 4) is 5.69 Å². The number of pyridine rings is 1. The second kappa shape index (κ2) is 5.60. The van der Waals surface area contributed by atoms with Crippen LogP contribution in [0.1, 0.15) is 19.4 Å². The van der Waals surface area contributed by atoms with E-state index in [-0.39, 0.29) is 5.60 Å². The van der Waals surface area contributed by atoms with E-state index in [1.807, 2.05) is 23.1 Å². The summed E-state index contributed by atoms with van der Waals surface area (Å²) in [5, 5.41) is 6.05. The fourth-order valence-corrected chi connectivity index (χ4v) is 3.26. The van der Waals surface area contributed by atoms with Gasteiger partial charge in [-0.05, 0) is 39.0 Å². The highest BCUT2D eigenvalue weighted by molar-refractivity contribution is 5.91. The van der Waals surface area contributed by atoms with E-state index in [4.69, 9.17) is 9.84 Å². The lowest BCUT2D eigenvalue weighted by Gasteiger charge is -2.38. The molecule has 0 saturated carbocycles. The van der Waals surface area contributed by atoms with Gasteiger partial charge in [0.1, 0.15) is 0 Å². The second-order valence-electron chi connectivity index (χ2n) is 6.99. The Hall–Kier alpha value is -2.40. The first kappa shape index (κ1) is 15.1. The summed E-state index contributed by atoms with van der Waals surface area (Å²) in [6, 6.07) is 10.5. The van der Waals surface area contributed by atoms with Gasteiger partial charge >= 0.3 is 0 Å². The van der Waals surface area contributed by atoms with Gasteiger partial charge in [0.2, 0.25) is 0 Å². The maximum absolute atomic E-state index is 5.85. The lowest BCUT2D eigenvalue weighted by Crippen LogP contribution is -2.48. The zero-order valence-corrected chi connectivity index (χ0v) is 14.4. The molecule has 5 nitrogen and oxygen atoms in total. The van der Waals surface area contributed by atoms with Gasteiger partial charge in [0, 0.05) is 24.7 Å². The van der Waals surface area contributed by atoms with Crippen LogP contribution in [0.3, 0.4) is 0 Å². The average Bonchev–Trinajstić information content (AvgIpc) is 2.94. The molecule has 5 heteroatoms. The molecule has 1 aliphatic heterocycles. The van der Waals surface area contributed by atoms with Crippen LogP contribution in [-0.2, 0) is 4.74 Å². The van der Waals surface area contributed by atoms with E-state index in [1.54, 1.807) is 0 Å². The maximum Gasteiger partial charge on any atom is 0.159 e. The molecule has 3 heterocycles. The number of aromatic nitrogens is 3. The van der Waals surface area contributed by atoms with Crippen LogP contribution in [0.2, 0.25) is 0 Å². The van der Waals surface area contributed by atoms with Gasteiger partial charge in [-0.3, -0.25) is 4.98 Å². The SMILES string of the molecule is Cc1ccc(-n2nc(N3CCOC(C)(C)C3)c3ccncc32)cc1. The summed E-state index contributed by atoms with van der Waals surface area (Å²) in [6.45, 7) is 8.74. The quantitative estimate of drug-likeness (QED) is 0.726.